The van der Waals surface area contributed by atoms with Gasteiger partial charge in [0.2, 0.25) is 0 Å². The lowest BCUT2D eigenvalue weighted by Gasteiger charge is -2.10. The van der Waals surface area contributed by atoms with E-state index < -0.39 is 0 Å². The van der Waals surface area contributed by atoms with E-state index in [1.165, 1.54) is 0 Å². The summed E-state index contributed by atoms with van der Waals surface area (Å²) in [6.45, 7) is 1.54. The van der Waals surface area contributed by atoms with E-state index in [1.807, 2.05) is 20.2 Å². The van der Waals surface area contributed by atoms with Crippen molar-refractivity contribution >= 4 is 17.5 Å². The van der Waals surface area contributed by atoms with Gasteiger partial charge < -0.3 is 20.3 Å². The van der Waals surface area contributed by atoms with E-state index >= 15 is 0 Å². The first kappa shape index (κ1) is 19.5. The topological polar surface area (TPSA) is 70.7 Å². The fraction of sp³-hybridized carbons (Fsp3) is 0.300. The molecule has 0 heterocycles. The second-order valence-electron chi connectivity index (χ2n) is 6.18. The molecule has 6 heteroatoms. The Kier molecular flexibility index (Phi) is 7.17. The number of anilines is 1. The van der Waals surface area contributed by atoms with Crippen LogP contribution < -0.4 is 15.4 Å². The molecule has 138 valence electrons. The molecule has 2 amide bonds. The van der Waals surface area contributed by atoms with Crippen LogP contribution in [0.25, 0.3) is 0 Å². The van der Waals surface area contributed by atoms with E-state index in [2.05, 4.69) is 15.5 Å². The number of amides is 2. The molecule has 0 bridgehead atoms. The van der Waals surface area contributed by atoms with Gasteiger partial charge in [-0.25, -0.2) is 0 Å². The van der Waals surface area contributed by atoms with Crippen LogP contribution in [-0.4, -0.2) is 51.0 Å². The molecule has 0 spiro atoms. The summed E-state index contributed by atoms with van der Waals surface area (Å²) < 4.78 is 5.14. The molecule has 2 aromatic rings. The predicted octanol–water partition coefficient (Wildman–Crippen LogP) is 2.63. The molecule has 2 aromatic carbocycles. The number of carbonyl (C=O) groups excluding carboxylic acids is 2. The lowest BCUT2D eigenvalue weighted by atomic mass is 10.1. The maximum absolute atomic E-state index is 12.3. The predicted molar refractivity (Wildman–Crippen MR) is 103 cm³/mol. The van der Waals surface area contributed by atoms with Crippen LogP contribution in [0, 0.1) is 0 Å². The molecule has 2 N–H and O–H groups in total. The molecule has 0 aromatic heterocycles. The fourth-order valence-corrected chi connectivity index (χ4v) is 2.38. The quantitative estimate of drug-likeness (QED) is 0.714. The summed E-state index contributed by atoms with van der Waals surface area (Å²) in [5, 5.41) is 5.69. The molecule has 0 saturated heterocycles. The third kappa shape index (κ3) is 5.89. The normalized spacial score (nSPS) is 10.5. The number of methoxy groups -OCH3 is 1. The summed E-state index contributed by atoms with van der Waals surface area (Å²) in [6.07, 6.45) is 0.889. The smallest absolute Gasteiger partial charge is 0.255 e. The summed E-state index contributed by atoms with van der Waals surface area (Å²) in [5.74, 6) is 0.295. The average Bonchev–Trinajstić information content (AvgIpc) is 2.65. The maximum atomic E-state index is 12.3. The Morgan fingerprint density at radius 3 is 2.27 bits per heavy atom. The minimum atomic E-state index is -0.240. The number of benzene rings is 2. The minimum absolute atomic E-state index is 0.136. The van der Waals surface area contributed by atoms with Gasteiger partial charge in [-0.2, -0.15) is 0 Å². The van der Waals surface area contributed by atoms with Crippen LogP contribution in [0.2, 0.25) is 0 Å². The van der Waals surface area contributed by atoms with Gasteiger partial charge in [0, 0.05) is 29.4 Å². The Morgan fingerprint density at radius 2 is 1.65 bits per heavy atom. The van der Waals surface area contributed by atoms with Crippen molar-refractivity contribution in [2.45, 2.75) is 6.42 Å². The van der Waals surface area contributed by atoms with Gasteiger partial charge in [-0.05, 0) is 63.5 Å². The van der Waals surface area contributed by atoms with Crippen LogP contribution in [0.4, 0.5) is 5.69 Å². The molecule has 0 radical (unpaired) electrons. The SMILES string of the molecule is COc1cccc(NC(=O)c2ccc(C(=O)NCCCN(C)C)cc2)c1. The molecule has 0 saturated carbocycles. The highest BCUT2D eigenvalue weighted by Gasteiger charge is 2.09. The highest BCUT2D eigenvalue weighted by molar-refractivity contribution is 6.05. The molecule has 0 fully saturated rings. The van der Waals surface area contributed by atoms with Crippen LogP contribution in [0.15, 0.2) is 48.5 Å². The van der Waals surface area contributed by atoms with E-state index in [0.29, 0.717) is 29.1 Å². The zero-order valence-corrected chi connectivity index (χ0v) is 15.4. The number of carbonyl (C=O) groups is 2. The standard InChI is InChI=1S/C20H25N3O3/c1-23(2)13-5-12-21-19(24)15-8-10-16(11-9-15)20(25)22-17-6-4-7-18(14-17)26-3/h4,6-11,14H,5,12-13H2,1-3H3,(H,21,24)(H,22,25). The van der Waals surface area contributed by atoms with Crippen LogP contribution in [-0.2, 0) is 0 Å². The molecule has 0 aliphatic carbocycles. The van der Waals surface area contributed by atoms with Crippen molar-refractivity contribution in [2.24, 2.45) is 0 Å². The molecular formula is C20H25N3O3. The molecule has 0 aliphatic heterocycles. The van der Waals surface area contributed by atoms with E-state index in [0.717, 1.165) is 13.0 Å². The average molecular weight is 355 g/mol. The minimum Gasteiger partial charge on any atom is -0.497 e. The third-order valence-corrected chi connectivity index (χ3v) is 3.80. The van der Waals surface area contributed by atoms with E-state index in [4.69, 9.17) is 4.74 Å². The number of rotatable bonds is 8. The molecule has 6 nitrogen and oxygen atoms in total. The number of hydrogen-bond donors (Lipinski definition) is 2. The Hall–Kier alpha value is -2.86. The van der Waals surface area contributed by atoms with Gasteiger partial charge in [-0.1, -0.05) is 6.07 Å². The Bertz CT molecular complexity index is 742. The van der Waals surface area contributed by atoms with Crippen molar-refractivity contribution in [1.29, 1.82) is 0 Å². The summed E-state index contributed by atoms with van der Waals surface area (Å²) in [5.41, 5.74) is 1.67. The van der Waals surface area contributed by atoms with E-state index in [1.54, 1.807) is 49.6 Å². The lowest BCUT2D eigenvalue weighted by molar-refractivity contribution is 0.0950. The number of hydrogen-bond acceptors (Lipinski definition) is 4. The summed E-state index contributed by atoms with van der Waals surface area (Å²) in [4.78, 5) is 26.5. The number of ether oxygens (including phenoxy) is 1. The summed E-state index contributed by atoms with van der Waals surface area (Å²) in [6, 6.07) is 13.7. The largest absolute Gasteiger partial charge is 0.497 e. The third-order valence-electron chi connectivity index (χ3n) is 3.80. The first-order valence-corrected chi connectivity index (χ1v) is 8.48. The molecule has 0 atom stereocenters. The molecular weight excluding hydrogens is 330 g/mol. The van der Waals surface area contributed by atoms with E-state index in [9.17, 15) is 9.59 Å². The van der Waals surface area contributed by atoms with Gasteiger partial charge in [0.05, 0.1) is 7.11 Å². The highest BCUT2D eigenvalue weighted by Crippen LogP contribution is 2.17. The second kappa shape index (κ2) is 9.58. The second-order valence-corrected chi connectivity index (χ2v) is 6.18. The summed E-state index contributed by atoms with van der Waals surface area (Å²) >= 11 is 0. The zero-order valence-electron chi connectivity index (χ0n) is 15.4. The zero-order chi connectivity index (χ0) is 18.9. The fourth-order valence-electron chi connectivity index (χ4n) is 2.38. The van der Waals surface area contributed by atoms with Gasteiger partial charge in [0.25, 0.3) is 11.8 Å². The monoisotopic (exact) mass is 355 g/mol. The molecule has 0 unspecified atom stereocenters. The van der Waals surface area contributed by atoms with Crippen LogP contribution in [0.3, 0.4) is 0 Å². The summed E-state index contributed by atoms with van der Waals surface area (Å²) in [7, 11) is 5.57. The van der Waals surface area contributed by atoms with Crippen LogP contribution in [0.1, 0.15) is 27.1 Å². The number of nitrogens with zero attached hydrogens (tertiary/aromatic N) is 1. The van der Waals surface area contributed by atoms with Crippen LogP contribution >= 0.6 is 0 Å². The Balaban J connectivity index is 1.91. The van der Waals surface area contributed by atoms with Crippen molar-refractivity contribution < 1.29 is 14.3 Å². The van der Waals surface area contributed by atoms with Crippen molar-refractivity contribution in [3.05, 3.63) is 59.7 Å². The van der Waals surface area contributed by atoms with Crippen molar-refractivity contribution in [3.8, 4) is 5.75 Å². The van der Waals surface area contributed by atoms with Crippen molar-refractivity contribution in [1.82, 2.24) is 10.2 Å². The number of nitrogens with one attached hydrogen (secondary N) is 2. The van der Waals surface area contributed by atoms with Gasteiger partial charge in [-0.15, -0.1) is 0 Å². The van der Waals surface area contributed by atoms with Gasteiger partial charge in [0.1, 0.15) is 5.75 Å². The molecule has 0 aliphatic rings. The van der Waals surface area contributed by atoms with Crippen LogP contribution in [0.5, 0.6) is 5.75 Å². The van der Waals surface area contributed by atoms with Crippen molar-refractivity contribution in [3.63, 3.8) is 0 Å². The molecule has 26 heavy (non-hydrogen) atoms. The van der Waals surface area contributed by atoms with Gasteiger partial charge in [0.15, 0.2) is 0 Å². The Morgan fingerprint density at radius 1 is 1.00 bits per heavy atom. The Labute approximate surface area is 154 Å². The molecule has 2 rings (SSSR count). The first-order chi connectivity index (χ1) is 12.5. The van der Waals surface area contributed by atoms with Gasteiger partial charge >= 0.3 is 0 Å². The first-order valence-electron chi connectivity index (χ1n) is 8.48. The lowest BCUT2D eigenvalue weighted by Crippen LogP contribution is -2.27. The van der Waals surface area contributed by atoms with Crippen molar-refractivity contribution in [2.75, 3.05) is 39.6 Å². The maximum Gasteiger partial charge on any atom is 0.255 e. The van der Waals surface area contributed by atoms with Gasteiger partial charge in [-0.3, -0.25) is 9.59 Å². The highest BCUT2D eigenvalue weighted by atomic mass is 16.5. The van der Waals surface area contributed by atoms with E-state index in [-0.39, 0.29) is 11.8 Å².